The Kier molecular flexibility index (Phi) is 3.85. The van der Waals surface area contributed by atoms with Crippen molar-refractivity contribution in [3.8, 4) is 0 Å². The molecule has 1 saturated heterocycles. The summed E-state index contributed by atoms with van der Waals surface area (Å²) in [6.07, 6.45) is 2.46. The number of carboxylic acid groups (broad SMARTS) is 1. The number of carboxylic acids is 1. The van der Waals surface area contributed by atoms with E-state index in [9.17, 15) is 14.4 Å². The van der Waals surface area contributed by atoms with Gasteiger partial charge in [0.25, 0.3) is 5.56 Å². The molecule has 1 aliphatic rings. The van der Waals surface area contributed by atoms with Crippen molar-refractivity contribution in [1.29, 1.82) is 0 Å². The molecule has 3 rings (SSSR count). The van der Waals surface area contributed by atoms with Gasteiger partial charge in [-0.25, -0.2) is 9.78 Å². The molecule has 2 heterocycles. The number of carbonyl (C=O) groups is 2. The number of para-hydroxylation sites is 1. The van der Waals surface area contributed by atoms with Gasteiger partial charge in [0.05, 0.1) is 17.2 Å². The summed E-state index contributed by atoms with van der Waals surface area (Å²) in [6, 6.07) is 4.52. The SMILES string of the molecule is Cc1cccc2c(=O)n(CC(=O)N3CCC[C@@H]3C(=O)O)cnc12. The van der Waals surface area contributed by atoms with Gasteiger partial charge in [-0.3, -0.25) is 14.2 Å². The van der Waals surface area contributed by atoms with Gasteiger partial charge < -0.3 is 10.0 Å². The second-order valence-electron chi connectivity index (χ2n) is 5.73. The Bertz CT molecular complexity index is 843. The molecule has 0 aliphatic carbocycles. The minimum Gasteiger partial charge on any atom is -0.480 e. The maximum Gasteiger partial charge on any atom is 0.326 e. The van der Waals surface area contributed by atoms with Crippen LogP contribution in [-0.4, -0.2) is 44.0 Å². The predicted octanol–water partition coefficient (Wildman–Crippen LogP) is 0.781. The van der Waals surface area contributed by atoms with Crippen LogP contribution in [0.5, 0.6) is 0 Å². The van der Waals surface area contributed by atoms with E-state index in [1.165, 1.54) is 15.8 Å². The van der Waals surface area contributed by atoms with Gasteiger partial charge in [-0.15, -0.1) is 0 Å². The van der Waals surface area contributed by atoms with E-state index in [2.05, 4.69) is 4.98 Å². The van der Waals surface area contributed by atoms with Crippen molar-refractivity contribution in [2.24, 2.45) is 0 Å². The van der Waals surface area contributed by atoms with Crippen molar-refractivity contribution < 1.29 is 14.7 Å². The number of hydrogen-bond acceptors (Lipinski definition) is 4. The smallest absolute Gasteiger partial charge is 0.326 e. The van der Waals surface area contributed by atoms with Crippen molar-refractivity contribution >= 4 is 22.8 Å². The van der Waals surface area contributed by atoms with E-state index in [-0.39, 0.29) is 18.0 Å². The van der Waals surface area contributed by atoms with Crippen LogP contribution in [0.4, 0.5) is 0 Å². The molecule has 0 unspecified atom stereocenters. The molecule has 1 aromatic carbocycles. The fourth-order valence-corrected chi connectivity index (χ4v) is 3.01. The molecule has 0 radical (unpaired) electrons. The van der Waals surface area contributed by atoms with Gasteiger partial charge in [0.2, 0.25) is 5.91 Å². The van der Waals surface area contributed by atoms with Crippen LogP contribution < -0.4 is 5.56 Å². The molecule has 2 aromatic rings. The number of aromatic nitrogens is 2. The summed E-state index contributed by atoms with van der Waals surface area (Å²) in [5, 5.41) is 9.61. The summed E-state index contributed by atoms with van der Waals surface area (Å²) in [7, 11) is 0. The number of carbonyl (C=O) groups excluding carboxylic acids is 1. The summed E-state index contributed by atoms with van der Waals surface area (Å²) in [4.78, 5) is 41.6. The van der Waals surface area contributed by atoms with Gasteiger partial charge in [0.1, 0.15) is 12.6 Å². The lowest BCUT2D eigenvalue weighted by molar-refractivity contribution is -0.148. The summed E-state index contributed by atoms with van der Waals surface area (Å²) >= 11 is 0. The van der Waals surface area contributed by atoms with Gasteiger partial charge >= 0.3 is 5.97 Å². The minimum absolute atomic E-state index is 0.195. The molecule has 0 bridgehead atoms. The van der Waals surface area contributed by atoms with E-state index in [1.54, 1.807) is 12.1 Å². The molecule has 23 heavy (non-hydrogen) atoms. The molecule has 7 heteroatoms. The molecule has 1 aliphatic heterocycles. The van der Waals surface area contributed by atoms with E-state index in [0.29, 0.717) is 30.3 Å². The van der Waals surface area contributed by atoms with Crippen LogP contribution in [-0.2, 0) is 16.1 Å². The zero-order chi connectivity index (χ0) is 16.6. The molecule has 1 aromatic heterocycles. The number of benzene rings is 1. The standard InChI is InChI=1S/C16H17N3O4/c1-10-4-2-5-11-14(10)17-9-18(15(11)21)8-13(20)19-7-3-6-12(19)16(22)23/h2,4-5,9,12H,3,6-8H2,1H3,(H,22,23)/t12-/m1/s1. The molecule has 0 saturated carbocycles. The third-order valence-corrected chi connectivity index (χ3v) is 4.22. The summed E-state index contributed by atoms with van der Waals surface area (Å²) in [5.41, 5.74) is 1.22. The fraction of sp³-hybridized carbons (Fsp3) is 0.375. The second kappa shape index (κ2) is 5.83. The van der Waals surface area contributed by atoms with Gasteiger partial charge in [-0.2, -0.15) is 0 Å². The molecule has 0 spiro atoms. The highest BCUT2D eigenvalue weighted by Gasteiger charge is 2.33. The lowest BCUT2D eigenvalue weighted by atomic mass is 10.1. The van der Waals surface area contributed by atoms with Crippen molar-refractivity contribution in [2.45, 2.75) is 32.4 Å². The molecule has 120 valence electrons. The normalized spacial score (nSPS) is 17.6. The lowest BCUT2D eigenvalue weighted by Gasteiger charge is -2.21. The minimum atomic E-state index is -1.00. The van der Waals surface area contributed by atoms with Crippen molar-refractivity contribution in [3.05, 3.63) is 40.4 Å². The number of rotatable bonds is 3. The van der Waals surface area contributed by atoms with Crippen LogP contribution in [0.1, 0.15) is 18.4 Å². The monoisotopic (exact) mass is 315 g/mol. The van der Waals surface area contributed by atoms with E-state index in [0.717, 1.165) is 5.56 Å². The van der Waals surface area contributed by atoms with Crippen LogP contribution in [0.3, 0.4) is 0 Å². The number of likely N-dealkylation sites (tertiary alicyclic amines) is 1. The summed E-state index contributed by atoms with van der Waals surface area (Å²) in [5.74, 6) is -1.37. The predicted molar refractivity (Wildman–Crippen MR) is 83.1 cm³/mol. The Morgan fingerprint density at radius 2 is 2.17 bits per heavy atom. The van der Waals surface area contributed by atoms with Crippen molar-refractivity contribution in [3.63, 3.8) is 0 Å². The molecule has 1 N–H and O–H groups in total. The number of hydrogen-bond donors (Lipinski definition) is 1. The van der Waals surface area contributed by atoms with E-state index in [1.807, 2.05) is 13.0 Å². The first-order chi connectivity index (χ1) is 11.0. The van der Waals surface area contributed by atoms with Gasteiger partial charge in [0.15, 0.2) is 0 Å². The average Bonchev–Trinajstić information content (AvgIpc) is 3.00. The highest BCUT2D eigenvalue weighted by Crippen LogP contribution is 2.18. The number of aryl methyl sites for hydroxylation is 1. The van der Waals surface area contributed by atoms with E-state index in [4.69, 9.17) is 5.11 Å². The topological polar surface area (TPSA) is 92.5 Å². The number of nitrogens with zero attached hydrogens (tertiary/aromatic N) is 3. The Morgan fingerprint density at radius 3 is 2.91 bits per heavy atom. The maximum atomic E-state index is 12.5. The lowest BCUT2D eigenvalue weighted by Crippen LogP contribution is -2.43. The van der Waals surface area contributed by atoms with Crippen LogP contribution in [0.25, 0.3) is 10.9 Å². The summed E-state index contributed by atoms with van der Waals surface area (Å²) in [6.45, 7) is 2.08. The van der Waals surface area contributed by atoms with E-state index >= 15 is 0 Å². The number of fused-ring (bicyclic) bond motifs is 1. The van der Waals surface area contributed by atoms with Crippen LogP contribution >= 0.6 is 0 Å². The third kappa shape index (κ3) is 2.69. The Labute approximate surface area is 132 Å². The van der Waals surface area contributed by atoms with Crippen LogP contribution in [0.15, 0.2) is 29.3 Å². The van der Waals surface area contributed by atoms with Gasteiger partial charge in [0, 0.05) is 6.54 Å². The van der Waals surface area contributed by atoms with Crippen LogP contribution in [0, 0.1) is 6.92 Å². The number of amides is 1. The van der Waals surface area contributed by atoms with Crippen molar-refractivity contribution in [1.82, 2.24) is 14.5 Å². The molecule has 1 amide bonds. The Hall–Kier alpha value is -2.70. The van der Waals surface area contributed by atoms with Crippen LogP contribution in [0.2, 0.25) is 0 Å². The first-order valence-corrected chi connectivity index (χ1v) is 7.46. The Balaban J connectivity index is 1.90. The quantitative estimate of drug-likeness (QED) is 0.903. The highest BCUT2D eigenvalue weighted by atomic mass is 16.4. The van der Waals surface area contributed by atoms with Gasteiger partial charge in [-0.1, -0.05) is 12.1 Å². The molecule has 1 atom stereocenters. The molecular formula is C16H17N3O4. The zero-order valence-electron chi connectivity index (χ0n) is 12.7. The summed E-state index contributed by atoms with van der Waals surface area (Å²) < 4.78 is 1.24. The number of aliphatic carboxylic acids is 1. The third-order valence-electron chi connectivity index (χ3n) is 4.22. The van der Waals surface area contributed by atoms with Gasteiger partial charge in [-0.05, 0) is 31.4 Å². The first-order valence-electron chi connectivity index (χ1n) is 7.46. The largest absolute Gasteiger partial charge is 0.480 e. The average molecular weight is 315 g/mol. The second-order valence-corrected chi connectivity index (χ2v) is 5.73. The zero-order valence-corrected chi connectivity index (χ0v) is 12.7. The van der Waals surface area contributed by atoms with Crippen molar-refractivity contribution in [2.75, 3.05) is 6.54 Å². The Morgan fingerprint density at radius 1 is 1.39 bits per heavy atom. The van der Waals surface area contributed by atoms with E-state index < -0.39 is 12.0 Å². The maximum absolute atomic E-state index is 12.5. The first kappa shape index (κ1) is 15.2. The molecule has 1 fully saturated rings. The molecular weight excluding hydrogens is 298 g/mol. The fourth-order valence-electron chi connectivity index (χ4n) is 3.01. The highest BCUT2D eigenvalue weighted by molar-refractivity contribution is 5.85. The molecule has 7 nitrogen and oxygen atoms in total.